The fourth-order valence-electron chi connectivity index (χ4n) is 3.54. The second kappa shape index (κ2) is 13.0. The van der Waals surface area contributed by atoms with E-state index in [9.17, 15) is 29.7 Å². The van der Waals surface area contributed by atoms with Crippen molar-refractivity contribution in [1.82, 2.24) is 21.1 Å². The molecule has 0 atom stereocenters. The van der Waals surface area contributed by atoms with E-state index in [1.54, 1.807) is 36.4 Å². The van der Waals surface area contributed by atoms with Gasteiger partial charge < -0.3 is 29.7 Å². The monoisotopic (exact) mass is 530 g/mol. The lowest BCUT2D eigenvalue weighted by Crippen LogP contribution is -2.23. The molecule has 0 unspecified atom stereocenters. The van der Waals surface area contributed by atoms with Crippen LogP contribution in [0.25, 0.3) is 32.7 Å². The van der Waals surface area contributed by atoms with Gasteiger partial charge in [-0.05, 0) is 36.4 Å². The van der Waals surface area contributed by atoms with E-state index in [0.717, 1.165) is 16.2 Å². The number of hydrogen-bond acceptors (Lipinski definition) is 9. The van der Waals surface area contributed by atoms with Crippen molar-refractivity contribution in [3.63, 3.8) is 0 Å². The van der Waals surface area contributed by atoms with Gasteiger partial charge in [-0.25, -0.2) is 15.0 Å². The van der Waals surface area contributed by atoms with Crippen LogP contribution in [0.2, 0.25) is 0 Å². The molecule has 6 rings (SSSR count). The lowest BCUT2D eigenvalue weighted by molar-refractivity contribution is -0.256. The molecular weight excluding hydrogens is 512 g/mol. The molecule has 10 nitrogen and oxygen atoms in total. The lowest BCUT2D eigenvalue weighted by atomic mass is 10.2. The molecule has 40 heavy (non-hydrogen) atoms. The van der Waals surface area contributed by atoms with Gasteiger partial charge in [-0.2, -0.15) is 0 Å². The van der Waals surface area contributed by atoms with Crippen molar-refractivity contribution in [2.24, 2.45) is 0 Å². The minimum absolute atomic E-state index is 0. The highest BCUT2D eigenvalue weighted by Gasteiger charge is 3.00. The van der Waals surface area contributed by atoms with Crippen LogP contribution in [0.1, 0.15) is 31.5 Å². The van der Waals surface area contributed by atoms with Gasteiger partial charge in [0.1, 0.15) is 0 Å². The van der Waals surface area contributed by atoms with Gasteiger partial charge in [0.05, 0.1) is 51.5 Å². The molecule has 3 aromatic heterocycles. The number of carboxylic acids is 3. The first kappa shape index (κ1) is 28.6. The average Bonchev–Trinajstić information content (AvgIpc) is 2.97. The molecule has 2 radical (unpaired) electrons. The van der Waals surface area contributed by atoms with Crippen LogP contribution in [0.3, 0.4) is 0 Å². The molecule has 0 saturated heterocycles. The maximum atomic E-state index is 10.5. The Hall–Kier alpha value is -5.99. The van der Waals surface area contributed by atoms with Crippen molar-refractivity contribution in [2.45, 2.75) is 0 Å². The highest BCUT2D eigenvalue weighted by atomic mass is 16.4. The zero-order valence-corrected chi connectivity index (χ0v) is 20.6. The van der Waals surface area contributed by atoms with Crippen LogP contribution in [-0.4, -0.2) is 32.9 Å². The fourth-order valence-corrected chi connectivity index (χ4v) is 3.54. The first-order valence-electron chi connectivity index (χ1n) is 11.5. The number of fused-ring (bicyclic) bond motifs is 3. The third-order valence-electron chi connectivity index (χ3n) is 5.42. The molecule has 0 fully saturated rings. The summed E-state index contributed by atoms with van der Waals surface area (Å²) in [5.41, 5.74) is 1.92. The summed E-state index contributed by atoms with van der Waals surface area (Å²) >= 11 is 0. The SMILES string of the molecule is O=C([O-])c1ccc2ccccc2n1.O=C([O-])c1ccc2ccccc2n1.O=C([O-])c1ccc2ccccc2n1.[N+3]. The Bertz CT molecular complexity index is 1610. The molecule has 0 aliphatic carbocycles. The number of aromatic carboxylic acids is 3. The minimum atomic E-state index is -1.24. The van der Waals surface area contributed by atoms with Gasteiger partial charge in [-0.1, -0.05) is 72.8 Å². The van der Waals surface area contributed by atoms with Gasteiger partial charge >= 0.3 is 6.15 Å². The average molecular weight is 530 g/mol. The molecule has 194 valence electrons. The summed E-state index contributed by atoms with van der Waals surface area (Å²) < 4.78 is 0. The zero-order chi connectivity index (χ0) is 27.8. The van der Waals surface area contributed by atoms with E-state index in [-0.39, 0.29) is 23.2 Å². The molecule has 0 bridgehead atoms. The summed E-state index contributed by atoms with van der Waals surface area (Å²) in [6.07, 6.45) is 0. The number of nitrogens with zero attached hydrogens (tertiary/aromatic N) is 4. The van der Waals surface area contributed by atoms with Crippen LogP contribution in [0, 0.1) is 0 Å². The summed E-state index contributed by atoms with van der Waals surface area (Å²) in [5.74, 6) is -3.73. The molecular formula is C30H18N4O6. The molecule has 10 heteroatoms. The predicted octanol–water partition coefficient (Wildman–Crippen LogP) is 1.31. The maximum Gasteiger partial charge on any atom is 3.00 e. The highest BCUT2D eigenvalue weighted by molar-refractivity contribution is 5.90. The minimum Gasteiger partial charge on any atom is -0.543 e. The molecule has 3 aromatic carbocycles. The number of para-hydroxylation sites is 3. The molecule has 0 amide bonds. The van der Waals surface area contributed by atoms with Crippen LogP contribution < -0.4 is 21.5 Å². The molecule has 0 N–H and O–H groups in total. The number of carbonyl (C=O) groups is 3. The Morgan fingerprint density at radius 1 is 0.400 bits per heavy atom. The van der Waals surface area contributed by atoms with Crippen molar-refractivity contribution >= 4 is 50.6 Å². The first-order chi connectivity index (χ1) is 18.8. The Morgan fingerprint density at radius 3 is 0.900 bits per heavy atom. The van der Waals surface area contributed by atoms with E-state index in [2.05, 4.69) is 15.0 Å². The Labute approximate surface area is 227 Å². The standard InChI is InChI=1S/3C10H7NO2.N/c3*12-10(13)9-6-5-7-3-1-2-4-8(7)11-9;/h3*1-6H,(H,12,13);/q;;;+3/p-3. The Morgan fingerprint density at radius 2 is 0.650 bits per heavy atom. The number of rotatable bonds is 3. The van der Waals surface area contributed by atoms with Gasteiger partial charge in [0.15, 0.2) is 0 Å². The normalized spacial score (nSPS) is 9.90. The van der Waals surface area contributed by atoms with E-state index in [4.69, 9.17) is 0 Å². The number of aromatic nitrogens is 3. The smallest absolute Gasteiger partial charge is 0.543 e. The lowest BCUT2D eigenvalue weighted by Gasteiger charge is -2.02. The van der Waals surface area contributed by atoms with Crippen LogP contribution in [0.15, 0.2) is 109 Å². The van der Waals surface area contributed by atoms with Crippen molar-refractivity contribution in [3.05, 3.63) is 126 Å². The number of carboxylic acid groups (broad SMARTS) is 3. The Kier molecular flexibility index (Phi) is 9.29. The fraction of sp³-hybridized carbons (Fsp3) is 0. The molecule has 0 aliphatic rings. The zero-order valence-electron chi connectivity index (χ0n) is 20.6. The maximum absolute atomic E-state index is 10.5. The second-order valence-corrected chi connectivity index (χ2v) is 8.03. The summed E-state index contributed by atoms with van der Waals surface area (Å²) in [7, 11) is 0. The van der Waals surface area contributed by atoms with E-state index in [0.29, 0.717) is 16.6 Å². The summed E-state index contributed by atoms with van der Waals surface area (Å²) in [4.78, 5) is 43.2. The number of carbonyl (C=O) groups excluding carboxylic acids is 3. The van der Waals surface area contributed by atoms with Gasteiger partial charge in [-0.3, -0.25) is 0 Å². The van der Waals surface area contributed by atoms with E-state index in [1.807, 2.05) is 54.6 Å². The number of pyridine rings is 3. The van der Waals surface area contributed by atoms with Gasteiger partial charge in [0, 0.05) is 16.2 Å². The van der Waals surface area contributed by atoms with E-state index in [1.165, 1.54) is 18.2 Å². The van der Waals surface area contributed by atoms with Crippen molar-refractivity contribution in [2.75, 3.05) is 0 Å². The van der Waals surface area contributed by atoms with Crippen molar-refractivity contribution in [3.8, 4) is 0 Å². The van der Waals surface area contributed by atoms with Crippen LogP contribution in [-0.2, 0) is 0 Å². The topological polar surface area (TPSA) is 190 Å². The number of hydrogen-bond donors (Lipinski definition) is 0. The Balaban J connectivity index is 0.000000163. The first-order valence-corrected chi connectivity index (χ1v) is 11.5. The molecule has 0 aliphatic heterocycles. The van der Waals surface area contributed by atoms with E-state index < -0.39 is 17.9 Å². The molecule has 3 heterocycles. The van der Waals surface area contributed by atoms with Crippen LogP contribution in [0.4, 0.5) is 0 Å². The molecule has 0 saturated carbocycles. The van der Waals surface area contributed by atoms with Crippen molar-refractivity contribution < 1.29 is 29.7 Å². The molecule has 6 aromatic rings. The van der Waals surface area contributed by atoms with Crippen LogP contribution >= 0.6 is 0 Å². The summed E-state index contributed by atoms with van der Waals surface area (Å²) in [6, 6.07) is 31.5. The summed E-state index contributed by atoms with van der Waals surface area (Å²) in [6.45, 7) is 0. The van der Waals surface area contributed by atoms with Gasteiger partial charge in [0.25, 0.3) is 0 Å². The molecule has 0 spiro atoms. The van der Waals surface area contributed by atoms with Crippen molar-refractivity contribution in [1.29, 1.82) is 0 Å². The highest BCUT2D eigenvalue weighted by Crippen LogP contribution is 2.13. The number of benzene rings is 3. The predicted molar refractivity (Wildman–Crippen MR) is 140 cm³/mol. The van der Waals surface area contributed by atoms with Gasteiger partial charge in [-0.15, -0.1) is 0 Å². The second-order valence-electron chi connectivity index (χ2n) is 8.03. The summed E-state index contributed by atoms with van der Waals surface area (Å²) in [5, 5.41) is 34.2. The third-order valence-corrected chi connectivity index (χ3v) is 5.42. The quantitative estimate of drug-likeness (QED) is 0.325. The van der Waals surface area contributed by atoms with Gasteiger partial charge in [0.2, 0.25) is 0 Å². The van der Waals surface area contributed by atoms with E-state index >= 15 is 0 Å². The van der Waals surface area contributed by atoms with Crippen LogP contribution in [0.5, 0.6) is 0 Å². The third kappa shape index (κ3) is 7.06. The largest absolute Gasteiger partial charge is 3.00 e.